The Morgan fingerprint density at radius 1 is 1.08 bits per heavy atom. The molecule has 2 aromatic rings. The molecule has 0 heterocycles. The van der Waals surface area contributed by atoms with Gasteiger partial charge in [0.1, 0.15) is 5.75 Å². The van der Waals surface area contributed by atoms with Crippen molar-refractivity contribution < 1.29 is 14.6 Å². The van der Waals surface area contributed by atoms with Crippen molar-refractivity contribution in [3.63, 3.8) is 0 Å². The van der Waals surface area contributed by atoms with Crippen LogP contribution in [0.25, 0.3) is 0 Å². The Morgan fingerprint density at radius 2 is 1.80 bits per heavy atom. The number of rotatable bonds is 10. The van der Waals surface area contributed by atoms with Crippen LogP contribution < -0.4 is 10.2 Å². The number of nitrogens with zero attached hydrogens (tertiary/aromatic N) is 1. The number of benzene rings is 2. The van der Waals surface area contributed by atoms with E-state index in [9.17, 15) is 4.79 Å². The molecule has 0 fully saturated rings. The fourth-order valence-corrected chi connectivity index (χ4v) is 2.24. The van der Waals surface area contributed by atoms with E-state index in [-0.39, 0.29) is 5.56 Å². The predicted octanol–water partition coefficient (Wildman–Crippen LogP) is 4.79. The van der Waals surface area contributed by atoms with Crippen LogP contribution in [-0.4, -0.2) is 23.9 Å². The van der Waals surface area contributed by atoms with Crippen molar-refractivity contribution in [3.8, 4) is 5.75 Å². The van der Waals surface area contributed by atoms with Crippen LogP contribution in [0.3, 0.4) is 0 Å². The molecule has 0 atom stereocenters. The SMILES string of the molecule is CCCCCCOc1ccc(C=NNc2ccc(C(=O)O)cc2)cc1. The first kappa shape index (κ1) is 18.5. The van der Waals surface area contributed by atoms with Crippen LogP contribution in [0.15, 0.2) is 53.6 Å². The summed E-state index contributed by atoms with van der Waals surface area (Å²) in [5.74, 6) is -0.0754. The molecule has 132 valence electrons. The van der Waals surface area contributed by atoms with Gasteiger partial charge in [-0.3, -0.25) is 5.43 Å². The van der Waals surface area contributed by atoms with E-state index in [0.717, 1.165) is 30.0 Å². The van der Waals surface area contributed by atoms with Crippen molar-refractivity contribution in [1.82, 2.24) is 0 Å². The lowest BCUT2D eigenvalue weighted by molar-refractivity contribution is 0.0697. The zero-order valence-corrected chi connectivity index (χ0v) is 14.4. The van der Waals surface area contributed by atoms with Gasteiger partial charge in [0, 0.05) is 0 Å². The van der Waals surface area contributed by atoms with E-state index in [0.29, 0.717) is 0 Å². The highest BCUT2D eigenvalue weighted by atomic mass is 16.5. The molecule has 5 nitrogen and oxygen atoms in total. The lowest BCUT2D eigenvalue weighted by Crippen LogP contribution is -1.97. The van der Waals surface area contributed by atoms with Gasteiger partial charge in [-0.05, 0) is 60.5 Å². The first-order valence-corrected chi connectivity index (χ1v) is 8.54. The second-order valence-electron chi connectivity index (χ2n) is 5.73. The van der Waals surface area contributed by atoms with E-state index >= 15 is 0 Å². The number of ether oxygens (including phenoxy) is 1. The maximum absolute atomic E-state index is 10.8. The maximum atomic E-state index is 10.8. The molecule has 0 amide bonds. The molecule has 0 aliphatic heterocycles. The molecular formula is C20H24N2O3. The fourth-order valence-electron chi connectivity index (χ4n) is 2.24. The van der Waals surface area contributed by atoms with E-state index in [1.54, 1.807) is 18.3 Å². The number of carboxylic acids is 1. The van der Waals surface area contributed by atoms with Crippen molar-refractivity contribution in [2.45, 2.75) is 32.6 Å². The second-order valence-corrected chi connectivity index (χ2v) is 5.73. The van der Waals surface area contributed by atoms with Crippen molar-refractivity contribution >= 4 is 17.9 Å². The number of unbranched alkanes of at least 4 members (excludes halogenated alkanes) is 3. The number of carboxylic acid groups (broad SMARTS) is 1. The third kappa shape index (κ3) is 6.67. The van der Waals surface area contributed by atoms with E-state index in [4.69, 9.17) is 9.84 Å². The number of nitrogens with one attached hydrogen (secondary N) is 1. The summed E-state index contributed by atoms with van der Waals surface area (Å²) in [4.78, 5) is 10.8. The Hall–Kier alpha value is -2.82. The summed E-state index contributed by atoms with van der Waals surface area (Å²) < 4.78 is 5.70. The van der Waals surface area contributed by atoms with Gasteiger partial charge in [-0.2, -0.15) is 5.10 Å². The van der Waals surface area contributed by atoms with Gasteiger partial charge in [0.2, 0.25) is 0 Å². The minimum Gasteiger partial charge on any atom is -0.494 e. The Morgan fingerprint density at radius 3 is 2.44 bits per heavy atom. The van der Waals surface area contributed by atoms with Gasteiger partial charge in [-0.1, -0.05) is 26.2 Å². The molecule has 0 bridgehead atoms. The predicted molar refractivity (Wildman–Crippen MR) is 101 cm³/mol. The molecule has 5 heteroatoms. The fraction of sp³-hybridized carbons (Fsp3) is 0.300. The van der Waals surface area contributed by atoms with E-state index in [1.807, 2.05) is 24.3 Å². The van der Waals surface area contributed by atoms with E-state index in [1.165, 1.54) is 31.4 Å². The van der Waals surface area contributed by atoms with Crippen LogP contribution in [0.4, 0.5) is 5.69 Å². The third-order valence-corrected chi connectivity index (χ3v) is 3.69. The first-order chi connectivity index (χ1) is 12.2. The minimum atomic E-state index is -0.942. The van der Waals surface area contributed by atoms with E-state index in [2.05, 4.69) is 17.5 Å². The quantitative estimate of drug-likeness (QED) is 0.370. The highest BCUT2D eigenvalue weighted by molar-refractivity contribution is 5.88. The molecule has 0 saturated heterocycles. The topological polar surface area (TPSA) is 70.9 Å². The van der Waals surface area contributed by atoms with Crippen LogP contribution in [0.5, 0.6) is 5.75 Å². The number of hydrogen-bond acceptors (Lipinski definition) is 4. The molecule has 2 N–H and O–H groups in total. The molecule has 0 aromatic heterocycles. The molecule has 0 unspecified atom stereocenters. The van der Waals surface area contributed by atoms with Crippen molar-refractivity contribution in [2.24, 2.45) is 5.10 Å². The molecule has 0 spiro atoms. The standard InChI is InChI=1S/C20H24N2O3/c1-2-3-4-5-14-25-19-12-6-16(7-13-19)15-21-22-18-10-8-17(9-11-18)20(23)24/h6-13,15,22H,2-5,14H2,1H3,(H,23,24). The summed E-state index contributed by atoms with van der Waals surface area (Å²) in [6.45, 7) is 2.95. The zero-order chi connectivity index (χ0) is 17.9. The molecular weight excluding hydrogens is 316 g/mol. The maximum Gasteiger partial charge on any atom is 0.335 e. The van der Waals surface area contributed by atoms with Crippen LogP contribution in [0.1, 0.15) is 48.5 Å². The number of anilines is 1. The van der Waals surface area contributed by atoms with Crippen molar-refractivity contribution in [1.29, 1.82) is 0 Å². The van der Waals surface area contributed by atoms with Gasteiger partial charge in [0.25, 0.3) is 0 Å². The van der Waals surface area contributed by atoms with Gasteiger partial charge in [0.15, 0.2) is 0 Å². The van der Waals surface area contributed by atoms with Gasteiger partial charge < -0.3 is 9.84 Å². The molecule has 2 aromatic carbocycles. The lowest BCUT2D eigenvalue weighted by atomic mass is 10.2. The van der Waals surface area contributed by atoms with Crippen LogP contribution in [0, 0.1) is 0 Å². The average molecular weight is 340 g/mol. The summed E-state index contributed by atoms with van der Waals surface area (Å²) >= 11 is 0. The summed E-state index contributed by atoms with van der Waals surface area (Å²) in [5, 5.41) is 13.0. The zero-order valence-electron chi connectivity index (χ0n) is 14.4. The monoisotopic (exact) mass is 340 g/mol. The van der Waals surface area contributed by atoms with E-state index < -0.39 is 5.97 Å². The molecule has 0 saturated carbocycles. The molecule has 2 rings (SSSR count). The molecule has 25 heavy (non-hydrogen) atoms. The summed E-state index contributed by atoms with van der Waals surface area (Å²) in [6.07, 6.45) is 6.48. The number of carbonyl (C=O) groups is 1. The van der Waals surface area contributed by atoms with Gasteiger partial charge >= 0.3 is 5.97 Å². The highest BCUT2D eigenvalue weighted by Gasteiger charge is 2.00. The van der Waals surface area contributed by atoms with Crippen LogP contribution in [-0.2, 0) is 0 Å². The lowest BCUT2D eigenvalue weighted by Gasteiger charge is -2.06. The highest BCUT2D eigenvalue weighted by Crippen LogP contribution is 2.13. The Bertz CT molecular complexity index is 679. The Balaban J connectivity index is 1.78. The summed E-state index contributed by atoms with van der Waals surface area (Å²) in [7, 11) is 0. The average Bonchev–Trinajstić information content (AvgIpc) is 2.63. The van der Waals surface area contributed by atoms with Crippen molar-refractivity contribution in [3.05, 3.63) is 59.7 Å². The molecule has 0 radical (unpaired) electrons. The smallest absolute Gasteiger partial charge is 0.335 e. The first-order valence-electron chi connectivity index (χ1n) is 8.54. The normalized spacial score (nSPS) is 10.8. The largest absolute Gasteiger partial charge is 0.494 e. The second kappa shape index (κ2) is 10.1. The Labute approximate surface area is 148 Å². The van der Waals surface area contributed by atoms with Crippen molar-refractivity contribution in [2.75, 3.05) is 12.0 Å². The van der Waals surface area contributed by atoms with Crippen LogP contribution >= 0.6 is 0 Å². The third-order valence-electron chi connectivity index (χ3n) is 3.69. The minimum absolute atomic E-state index is 0.250. The Kier molecular flexibility index (Phi) is 7.50. The van der Waals surface area contributed by atoms with Gasteiger partial charge in [-0.15, -0.1) is 0 Å². The number of hydrazone groups is 1. The molecule has 0 aliphatic carbocycles. The summed E-state index contributed by atoms with van der Waals surface area (Å²) in [5.41, 5.74) is 4.80. The van der Waals surface area contributed by atoms with Crippen LogP contribution in [0.2, 0.25) is 0 Å². The summed E-state index contributed by atoms with van der Waals surface area (Å²) in [6, 6.07) is 14.2. The number of aromatic carboxylic acids is 1. The van der Waals surface area contributed by atoms with Gasteiger partial charge in [0.05, 0.1) is 24.1 Å². The number of hydrogen-bond donors (Lipinski definition) is 2. The van der Waals surface area contributed by atoms with Gasteiger partial charge in [-0.25, -0.2) is 4.79 Å². The molecule has 0 aliphatic rings.